The van der Waals surface area contributed by atoms with Crippen molar-refractivity contribution in [2.45, 2.75) is 12.5 Å². The molecule has 8 heteroatoms. The van der Waals surface area contributed by atoms with Crippen molar-refractivity contribution in [3.63, 3.8) is 0 Å². The standard InChI is InChI=1S/C21H16N6O2/c28-21(20-12-18(25-29-20)14-4-3-11-22-13-14)23-15-7-9-16(10-8-15)27-19-6-2-1-5-17(19)24-26-27/h1-11,13,20H,12H2,(H,23,28). The van der Waals surface area contributed by atoms with Crippen LogP contribution in [0.15, 0.2) is 78.2 Å². The van der Waals surface area contributed by atoms with Gasteiger partial charge in [-0.25, -0.2) is 4.68 Å². The first-order valence-electron chi connectivity index (χ1n) is 9.13. The van der Waals surface area contributed by atoms with Gasteiger partial charge in [-0.2, -0.15) is 0 Å². The number of anilines is 1. The van der Waals surface area contributed by atoms with Crippen LogP contribution in [0.3, 0.4) is 0 Å². The van der Waals surface area contributed by atoms with Crippen LogP contribution in [0.4, 0.5) is 5.69 Å². The summed E-state index contributed by atoms with van der Waals surface area (Å²) >= 11 is 0. The van der Waals surface area contributed by atoms with E-state index in [9.17, 15) is 4.79 Å². The van der Waals surface area contributed by atoms with Crippen LogP contribution in [0.5, 0.6) is 0 Å². The number of rotatable bonds is 4. The highest BCUT2D eigenvalue weighted by Gasteiger charge is 2.29. The Labute approximate surface area is 165 Å². The summed E-state index contributed by atoms with van der Waals surface area (Å²) in [6.07, 6.45) is 3.13. The summed E-state index contributed by atoms with van der Waals surface area (Å²) in [6.45, 7) is 0. The van der Waals surface area contributed by atoms with Crippen molar-refractivity contribution >= 4 is 28.3 Å². The number of para-hydroxylation sites is 1. The lowest BCUT2D eigenvalue weighted by atomic mass is 10.1. The Bertz CT molecular complexity index is 1200. The molecule has 0 fully saturated rings. The first kappa shape index (κ1) is 17.1. The van der Waals surface area contributed by atoms with E-state index < -0.39 is 6.10 Å². The van der Waals surface area contributed by atoms with E-state index in [0.29, 0.717) is 17.8 Å². The lowest BCUT2D eigenvalue weighted by Crippen LogP contribution is -2.28. The van der Waals surface area contributed by atoms with Crippen molar-refractivity contribution < 1.29 is 9.63 Å². The molecule has 0 radical (unpaired) electrons. The Balaban J connectivity index is 1.26. The number of nitrogens with zero attached hydrogens (tertiary/aromatic N) is 5. The second-order valence-corrected chi connectivity index (χ2v) is 6.60. The van der Waals surface area contributed by atoms with Gasteiger partial charge in [0.1, 0.15) is 5.52 Å². The number of amides is 1. The maximum absolute atomic E-state index is 12.5. The number of hydrogen-bond acceptors (Lipinski definition) is 6. The topological polar surface area (TPSA) is 94.3 Å². The predicted molar refractivity (Wildman–Crippen MR) is 108 cm³/mol. The van der Waals surface area contributed by atoms with Gasteiger partial charge >= 0.3 is 0 Å². The van der Waals surface area contributed by atoms with E-state index in [1.807, 2.05) is 60.7 Å². The molecule has 1 aliphatic heterocycles. The fraction of sp³-hybridized carbons (Fsp3) is 0.0952. The summed E-state index contributed by atoms with van der Waals surface area (Å²) in [5, 5.41) is 15.2. The number of carbonyl (C=O) groups is 1. The Kier molecular flexibility index (Phi) is 4.21. The van der Waals surface area contributed by atoms with Gasteiger partial charge in [-0.3, -0.25) is 9.78 Å². The normalized spacial score (nSPS) is 15.7. The zero-order valence-corrected chi connectivity index (χ0v) is 15.3. The second kappa shape index (κ2) is 7.16. The van der Waals surface area contributed by atoms with Gasteiger partial charge in [-0.15, -0.1) is 5.10 Å². The molecule has 1 aliphatic rings. The number of oxime groups is 1. The quantitative estimate of drug-likeness (QED) is 0.584. The average molecular weight is 384 g/mol. The van der Waals surface area contributed by atoms with Crippen molar-refractivity contribution in [3.8, 4) is 5.69 Å². The van der Waals surface area contributed by atoms with Gasteiger partial charge in [0, 0.05) is 30.1 Å². The molecule has 0 saturated heterocycles. The molecule has 4 aromatic rings. The predicted octanol–water partition coefficient (Wildman–Crippen LogP) is 2.95. The maximum atomic E-state index is 12.5. The van der Waals surface area contributed by atoms with Gasteiger partial charge in [-0.05, 0) is 48.5 Å². The summed E-state index contributed by atoms with van der Waals surface area (Å²) in [5.74, 6) is -0.244. The Morgan fingerprint density at radius 1 is 1.07 bits per heavy atom. The van der Waals surface area contributed by atoms with Crippen LogP contribution in [0.2, 0.25) is 0 Å². The lowest BCUT2D eigenvalue weighted by molar-refractivity contribution is -0.125. The highest BCUT2D eigenvalue weighted by Crippen LogP contribution is 2.20. The molecule has 1 atom stereocenters. The van der Waals surface area contributed by atoms with Crippen LogP contribution in [-0.4, -0.2) is 37.7 Å². The molecule has 0 spiro atoms. The van der Waals surface area contributed by atoms with Crippen LogP contribution in [0.25, 0.3) is 16.7 Å². The number of nitrogens with one attached hydrogen (secondary N) is 1. The van der Waals surface area contributed by atoms with E-state index in [2.05, 4.69) is 25.8 Å². The summed E-state index contributed by atoms with van der Waals surface area (Å²) in [7, 11) is 0. The molecule has 1 amide bonds. The number of carbonyl (C=O) groups excluding carboxylic acids is 1. The lowest BCUT2D eigenvalue weighted by Gasteiger charge is -2.10. The minimum atomic E-state index is -0.663. The molecular weight excluding hydrogens is 368 g/mol. The Morgan fingerprint density at radius 3 is 2.76 bits per heavy atom. The molecule has 0 aliphatic carbocycles. The third-order valence-corrected chi connectivity index (χ3v) is 4.69. The molecule has 2 aromatic heterocycles. The van der Waals surface area contributed by atoms with Gasteiger partial charge in [0.15, 0.2) is 0 Å². The number of aromatic nitrogens is 4. The van der Waals surface area contributed by atoms with E-state index in [1.165, 1.54) is 0 Å². The highest BCUT2D eigenvalue weighted by molar-refractivity contribution is 6.05. The Hall–Kier alpha value is -4.07. The molecule has 29 heavy (non-hydrogen) atoms. The van der Waals surface area contributed by atoms with Crippen LogP contribution in [0.1, 0.15) is 12.0 Å². The third kappa shape index (κ3) is 3.31. The number of hydrogen-bond donors (Lipinski definition) is 1. The summed E-state index contributed by atoms with van der Waals surface area (Å²) in [5.41, 5.74) is 4.84. The van der Waals surface area contributed by atoms with E-state index in [4.69, 9.17) is 4.84 Å². The molecular formula is C21H16N6O2. The fourth-order valence-corrected chi connectivity index (χ4v) is 3.19. The minimum absolute atomic E-state index is 0.244. The number of pyridine rings is 1. The molecule has 0 bridgehead atoms. The summed E-state index contributed by atoms with van der Waals surface area (Å²) in [4.78, 5) is 21.9. The smallest absolute Gasteiger partial charge is 0.268 e. The number of benzene rings is 2. The minimum Gasteiger partial charge on any atom is -0.382 e. The van der Waals surface area contributed by atoms with Crippen LogP contribution in [0, 0.1) is 0 Å². The van der Waals surface area contributed by atoms with Gasteiger partial charge in [0.2, 0.25) is 6.10 Å². The molecule has 5 rings (SSSR count). The zero-order chi connectivity index (χ0) is 19.6. The largest absolute Gasteiger partial charge is 0.382 e. The molecule has 8 nitrogen and oxygen atoms in total. The third-order valence-electron chi connectivity index (χ3n) is 4.69. The van der Waals surface area contributed by atoms with E-state index >= 15 is 0 Å². The number of fused-ring (bicyclic) bond motifs is 1. The van der Waals surface area contributed by atoms with Crippen molar-refractivity contribution in [3.05, 3.63) is 78.6 Å². The molecule has 142 valence electrons. The van der Waals surface area contributed by atoms with E-state index in [1.54, 1.807) is 17.1 Å². The van der Waals surface area contributed by atoms with Crippen molar-refractivity contribution in [1.82, 2.24) is 20.0 Å². The Morgan fingerprint density at radius 2 is 1.93 bits per heavy atom. The molecule has 1 unspecified atom stereocenters. The van der Waals surface area contributed by atoms with Crippen LogP contribution in [-0.2, 0) is 9.63 Å². The van der Waals surface area contributed by atoms with Gasteiger partial charge in [0.25, 0.3) is 5.91 Å². The maximum Gasteiger partial charge on any atom is 0.268 e. The summed E-state index contributed by atoms with van der Waals surface area (Å²) < 4.78 is 1.76. The fourth-order valence-electron chi connectivity index (χ4n) is 3.19. The van der Waals surface area contributed by atoms with E-state index in [-0.39, 0.29) is 5.91 Å². The zero-order valence-electron chi connectivity index (χ0n) is 15.3. The molecule has 2 aromatic carbocycles. The van der Waals surface area contributed by atoms with Crippen molar-refractivity contribution in [2.24, 2.45) is 5.16 Å². The van der Waals surface area contributed by atoms with Crippen LogP contribution < -0.4 is 5.32 Å². The van der Waals surface area contributed by atoms with Crippen molar-refractivity contribution in [1.29, 1.82) is 0 Å². The summed E-state index contributed by atoms with van der Waals surface area (Å²) in [6, 6.07) is 18.9. The monoisotopic (exact) mass is 384 g/mol. The molecule has 1 N–H and O–H groups in total. The average Bonchev–Trinajstić information content (AvgIpc) is 3.43. The molecule has 3 heterocycles. The first-order chi connectivity index (χ1) is 14.3. The van der Waals surface area contributed by atoms with Gasteiger partial charge in [0.05, 0.1) is 16.9 Å². The molecule has 0 saturated carbocycles. The van der Waals surface area contributed by atoms with Gasteiger partial charge < -0.3 is 10.2 Å². The second-order valence-electron chi connectivity index (χ2n) is 6.60. The van der Waals surface area contributed by atoms with Gasteiger partial charge in [-0.1, -0.05) is 22.5 Å². The highest BCUT2D eigenvalue weighted by atomic mass is 16.6. The van der Waals surface area contributed by atoms with E-state index in [0.717, 1.165) is 22.3 Å². The SMILES string of the molecule is O=C(Nc1ccc(-n2nnc3ccccc32)cc1)C1CC(c2cccnc2)=NO1. The van der Waals surface area contributed by atoms with Crippen LogP contribution >= 0.6 is 0 Å². The first-order valence-corrected chi connectivity index (χ1v) is 9.13. The van der Waals surface area contributed by atoms with Crippen molar-refractivity contribution in [2.75, 3.05) is 5.32 Å².